The molecule has 5 N–H and O–H groups in total. The molecule has 0 spiro atoms. The molecule has 1 aliphatic heterocycles. The van der Waals surface area contributed by atoms with E-state index >= 15 is 0 Å². The van der Waals surface area contributed by atoms with Crippen molar-refractivity contribution in [2.75, 3.05) is 53.9 Å². The van der Waals surface area contributed by atoms with Gasteiger partial charge in [0.1, 0.15) is 28.3 Å². The first-order valence-corrected chi connectivity index (χ1v) is 22.4. The molecule has 15 nitrogen and oxygen atoms in total. The van der Waals surface area contributed by atoms with E-state index in [1.807, 2.05) is 32.0 Å². The molecule has 0 radical (unpaired) electrons. The van der Waals surface area contributed by atoms with E-state index in [0.29, 0.717) is 68.7 Å². The zero-order chi connectivity index (χ0) is 49.3. The van der Waals surface area contributed by atoms with Gasteiger partial charge in [-0.1, -0.05) is 48.2 Å². The highest BCUT2D eigenvalue weighted by Gasteiger charge is 2.48. The lowest BCUT2D eigenvalue weighted by Gasteiger charge is -2.40. The molecule has 1 saturated carbocycles. The topological polar surface area (TPSA) is 210 Å². The summed E-state index contributed by atoms with van der Waals surface area (Å²) in [5.41, 5.74) is 7.87. The molecule has 0 bridgehead atoms. The second-order valence-electron chi connectivity index (χ2n) is 16.7. The van der Waals surface area contributed by atoms with Crippen LogP contribution >= 0.6 is 23.2 Å². The molecule has 2 aromatic carbocycles. The number of para-hydroxylation sites is 1. The maximum Gasteiger partial charge on any atom is 0.490 e. The van der Waals surface area contributed by atoms with Gasteiger partial charge in [-0.25, -0.2) is 23.0 Å². The number of aliphatic carboxylic acids is 2. The van der Waals surface area contributed by atoms with Gasteiger partial charge in [0, 0.05) is 60.3 Å². The highest BCUT2D eigenvalue weighted by Crippen LogP contribution is 2.37. The molecule has 5 rings (SSSR count). The van der Waals surface area contributed by atoms with Crippen molar-refractivity contribution in [2.45, 2.75) is 94.2 Å². The van der Waals surface area contributed by atoms with E-state index in [1.54, 1.807) is 15.9 Å². The van der Waals surface area contributed by atoms with Crippen LogP contribution in [-0.2, 0) is 35.8 Å². The molecule has 2 fully saturated rings. The molecule has 2 heterocycles. The van der Waals surface area contributed by atoms with Crippen molar-refractivity contribution in [1.29, 1.82) is 0 Å². The van der Waals surface area contributed by atoms with Gasteiger partial charge >= 0.3 is 24.3 Å². The highest BCUT2D eigenvalue weighted by molar-refractivity contribution is 7.89. The molecule has 24 heteroatoms. The number of quaternary nitrogens is 1. The van der Waals surface area contributed by atoms with Gasteiger partial charge in [0.2, 0.25) is 21.8 Å². The van der Waals surface area contributed by atoms with Gasteiger partial charge in [0.15, 0.2) is 0 Å². The number of pyridine rings is 1. The molecular weight excluding hydrogens is 937 g/mol. The quantitative estimate of drug-likeness (QED) is 0.108. The number of hydrogen-bond donors (Lipinski definition) is 4. The number of amides is 2. The van der Waals surface area contributed by atoms with Gasteiger partial charge in [-0.3, -0.25) is 9.59 Å². The first-order valence-electron chi connectivity index (χ1n) is 20.1. The van der Waals surface area contributed by atoms with E-state index in [1.165, 1.54) is 12.1 Å². The minimum absolute atomic E-state index is 0.0183. The third kappa shape index (κ3) is 15.8. The Labute approximate surface area is 382 Å². The summed E-state index contributed by atoms with van der Waals surface area (Å²) in [4.78, 5) is 52.8. The number of carbonyl (C=O) groups excluding carboxylic acids is 2. The van der Waals surface area contributed by atoms with Gasteiger partial charge in [-0.2, -0.15) is 31.1 Å². The van der Waals surface area contributed by atoms with Crippen LogP contribution in [0.3, 0.4) is 0 Å². The highest BCUT2D eigenvalue weighted by atomic mass is 35.5. The van der Waals surface area contributed by atoms with Gasteiger partial charge < -0.3 is 35.0 Å². The molecule has 1 aliphatic carbocycles. The normalized spacial score (nSPS) is 15.9. The molecule has 3 aromatic rings. The Morgan fingerprint density at radius 1 is 0.923 bits per heavy atom. The van der Waals surface area contributed by atoms with Crippen LogP contribution in [0.15, 0.2) is 41.3 Å². The first-order chi connectivity index (χ1) is 29.9. The zero-order valence-corrected chi connectivity index (χ0v) is 38.6. The van der Waals surface area contributed by atoms with Crippen molar-refractivity contribution < 1.29 is 73.4 Å². The van der Waals surface area contributed by atoms with Crippen LogP contribution in [0, 0.1) is 13.8 Å². The Balaban J connectivity index is 0.000000693. The summed E-state index contributed by atoms with van der Waals surface area (Å²) < 4.78 is 101. The number of hydrogen-bond acceptors (Lipinski definition) is 9. The molecule has 1 aromatic heterocycles. The summed E-state index contributed by atoms with van der Waals surface area (Å²) in [6.45, 7) is 6.18. The number of fused-ring (bicyclic) bond motifs is 1. The van der Waals surface area contributed by atoms with Crippen LogP contribution in [0.25, 0.3) is 10.9 Å². The number of alkyl halides is 6. The maximum atomic E-state index is 14.1. The number of ether oxygens (including phenoxy) is 1. The van der Waals surface area contributed by atoms with Gasteiger partial charge in [-0.15, -0.1) is 0 Å². The third-order valence-corrected chi connectivity index (χ3v) is 12.9. The van der Waals surface area contributed by atoms with Crippen molar-refractivity contribution >= 4 is 67.9 Å². The fourth-order valence-electron chi connectivity index (χ4n) is 7.13. The van der Waals surface area contributed by atoms with Gasteiger partial charge in [-0.05, 0) is 69.4 Å². The van der Waals surface area contributed by atoms with Crippen molar-refractivity contribution in [3.8, 4) is 5.75 Å². The Kier molecular flexibility index (Phi) is 18.9. The number of aromatic nitrogens is 1. The number of benzene rings is 2. The lowest BCUT2D eigenvalue weighted by atomic mass is 9.96. The Morgan fingerprint density at radius 3 is 1.98 bits per heavy atom. The molecule has 362 valence electrons. The predicted molar refractivity (Wildman–Crippen MR) is 229 cm³/mol. The molecule has 1 saturated heterocycles. The number of halogens is 8. The Hall–Kier alpha value is -4.48. The average Bonchev–Trinajstić information content (AvgIpc) is 3.65. The van der Waals surface area contributed by atoms with Crippen LogP contribution in [0.1, 0.15) is 61.8 Å². The molecule has 2 aliphatic rings. The number of carbonyl (C=O) groups is 4. The number of nitrogens with one attached hydrogen (secondary N) is 1. The fraction of sp³-hybridized carbons (Fsp3) is 0.537. The molecule has 1 atom stereocenters. The maximum absolute atomic E-state index is 14.1. The summed E-state index contributed by atoms with van der Waals surface area (Å²) >= 11 is 13.3. The SMILES string of the molecule is Cc1cc(C)c2cccc(OCc3c(Cl)ccc(S(=O)(=O)NC4(C(=O)N5CCN(C(=O)C[C@@H](N)CCC[N+](C)(C)C)CC5)CCCC4)c3Cl)c2n1.O=C(O)C(F)(F)F.O=C(O)C(F)(F)F. The smallest absolute Gasteiger partial charge is 0.487 e. The lowest BCUT2D eigenvalue weighted by molar-refractivity contribution is -0.870. The van der Waals surface area contributed by atoms with Gasteiger partial charge in [0.25, 0.3) is 0 Å². The molecule has 65 heavy (non-hydrogen) atoms. The number of carboxylic acid groups (broad SMARTS) is 2. The second kappa shape index (κ2) is 22.3. The van der Waals surface area contributed by atoms with E-state index in [-0.39, 0.29) is 45.8 Å². The number of nitrogens with two attached hydrogens (primary N) is 1. The van der Waals surface area contributed by atoms with Crippen LogP contribution in [0.4, 0.5) is 26.3 Å². The van der Waals surface area contributed by atoms with Crippen molar-refractivity contribution in [3.63, 3.8) is 0 Å². The lowest BCUT2D eigenvalue weighted by Crippen LogP contribution is -2.61. The standard InChI is InChI=1S/C37H51Cl2N6O5S.2C2HF3O2/c1-25-22-26(2)41-35-28(25)11-8-12-31(35)50-24-29-30(38)13-14-32(34(29)39)51(48,49)42-37(15-6-7-16-37)36(47)44-19-17-43(18-20-44)33(46)23-27(40)10-9-21-45(3,4)5;2*3-2(4,5)1(6)7/h8,11-14,22,27,42H,6-7,9-10,15-21,23-24,40H2,1-5H3;2*(H,6,7)/q+1;;/t27-;;/m0../s1. The van der Waals surface area contributed by atoms with E-state index in [4.69, 9.17) is 53.5 Å². The molecule has 0 unspecified atom stereocenters. The average molecular weight is 991 g/mol. The van der Waals surface area contributed by atoms with Crippen molar-refractivity contribution in [2.24, 2.45) is 5.73 Å². The largest absolute Gasteiger partial charge is 0.490 e. The summed E-state index contributed by atoms with van der Waals surface area (Å²) in [6, 6.07) is 10.3. The zero-order valence-electron chi connectivity index (χ0n) is 36.3. The summed E-state index contributed by atoms with van der Waals surface area (Å²) in [7, 11) is 2.11. The first kappa shape index (κ1) is 54.9. The number of rotatable bonds is 13. The minimum atomic E-state index is -5.08. The number of aryl methyl sites for hydroxylation is 2. The van der Waals surface area contributed by atoms with Crippen LogP contribution in [0.2, 0.25) is 10.0 Å². The second-order valence-corrected chi connectivity index (χ2v) is 19.1. The summed E-state index contributed by atoms with van der Waals surface area (Å²) in [6.07, 6.45) is -6.07. The Bertz CT molecular complexity index is 2280. The van der Waals surface area contributed by atoms with Crippen molar-refractivity contribution in [3.05, 3.63) is 63.3 Å². The monoisotopic (exact) mass is 989 g/mol. The van der Waals surface area contributed by atoms with E-state index in [2.05, 4.69) is 30.8 Å². The minimum Gasteiger partial charge on any atom is -0.487 e. The molecular formula is C41H53Cl2F6N6O9S+. The fourth-order valence-corrected chi connectivity index (χ4v) is 9.44. The number of carboxylic acids is 2. The number of piperazine rings is 1. The molecule has 2 amide bonds. The van der Waals surface area contributed by atoms with E-state index in [9.17, 15) is 44.3 Å². The predicted octanol–water partition coefficient (Wildman–Crippen LogP) is 6.47. The number of nitrogens with zero attached hydrogens (tertiary/aromatic N) is 4. The van der Waals surface area contributed by atoms with Crippen LogP contribution in [0.5, 0.6) is 5.75 Å². The summed E-state index contributed by atoms with van der Waals surface area (Å²) in [5, 5.41) is 15.4. The van der Waals surface area contributed by atoms with Gasteiger partial charge in [0.05, 0.1) is 32.7 Å². The van der Waals surface area contributed by atoms with E-state index < -0.39 is 39.9 Å². The number of sulfonamides is 1. The van der Waals surface area contributed by atoms with Crippen molar-refractivity contribution in [1.82, 2.24) is 19.5 Å². The Morgan fingerprint density at radius 2 is 1.46 bits per heavy atom. The van der Waals surface area contributed by atoms with E-state index in [0.717, 1.165) is 40.5 Å². The van der Waals surface area contributed by atoms with Crippen LogP contribution < -0.4 is 15.2 Å². The third-order valence-electron chi connectivity index (χ3n) is 10.4. The van der Waals surface area contributed by atoms with Crippen LogP contribution in [-0.4, -0.2) is 139 Å². The summed E-state index contributed by atoms with van der Waals surface area (Å²) in [5.74, 6) is -5.29.